The first-order chi connectivity index (χ1) is 9.58. The number of carbonyl (C=O) groups is 2. The van der Waals surface area contributed by atoms with Crippen molar-refractivity contribution in [1.82, 2.24) is 10.6 Å². The standard InChI is InChI=1S/C14H15BrN2O3/c1-3-10-11(13(18)20-2)12(17-14(19)16-10)8-6-4-5-7-9(8)15/h4-7,12H,3H2,1-2H3,(H2,16,17,19). The number of carbonyl (C=O) groups excluding carboxylic acids is 2. The molecule has 5 nitrogen and oxygen atoms in total. The zero-order valence-electron chi connectivity index (χ0n) is 11.2. The summed E-state index contributed by atoms with van der Waals surface area (Å²) >= 11 is 3.45. The van der Waals surface area contributed by atoms with Crippen molar-refractivity contribution in [2.45, 2.75) is 19.4 Å². The molecule has 1 aromatic carbocycles. The Kier molecular flexibility index (Phi) is 4.44. The molecule has 1 aromatic rings. The number of hydrogen-bond donors (Lipinski definition) is 2. The van der Waals surface area contributed by atoms with E-state index >= 15 is 0 Å². The van der Waals surface area contributed by atoms with Crippen molar-refractivity contribution < 1.29 is 14.3 Å². The van der Waals surface area contributed by atoms with Crippen LogP contribution in [0.5, 0.6) is 0 Å². The Labute approximate surface area is 125 Å². The van der Waals surface area contributed by atoms with Crippen LogP contribution in [-0.2, 0) is 9.53 Å². The van der Waals surface area contributed by atoms with Gasteiger partial charge in [0, 0.05) is 10.2 Å². The van der Waals surface area contributed by atoms with Crippen molar-refractivity contribution in [2.75, 3.05) is 7.11 Å². The van der Waals surface area contributed by atoms with Crippen LogP contribution in [0.4, 0.5) is 4.79 Å². The van der Waals surface area contributed by atoms with Crippen LogP contribution in [0, 0.1) is 0 Å². The van der Waals surface area contributed by atoms with Crippen molar-refractivity contribution in [3.63, 3.8) is 0 Å². The molecule has 2 rings (SSSR count). The average Bonchev–Trinajstić information content (AvgIpc) is 2.46. The molecule has 0 saturated heterocycles. The Morgan fingerprint density at radius 3 is 2.70 bits per heavy atom. The molecule has 0 bridgehead atoms. The highest BCUT2D eigenvalue weighted by molar-refractivity contribution is 9.10. The molecular weight excluding hydrogens is 324 g/mol. The smallest absolute Gasteiger partial charge is 0.337 e. The van der Waals surface area contributed by atoms with Crippen molar-refractivity contribution >= 4 is 27.9 Å². The minimum Gasteiger partial charge on any atom is -0.466 e. The molecule has 0 spiro atoms. The van der Waals surface area contributed by atoms with Crippen LogP contribution in [0.3, 0.4) is 0 Å². The number of amides is 2. The summed E-state index contributed by atoms with van der Waals surface area (Å²) in [6.45, 7) is 1.88. The molecule has 6 heteroatoms. The topological polar surface area (TPSA) is 67.4 Å². The minimum atomic E-state index is -0.526. The van der Waals surface area contributed by atoms with Crippen LogP contribution in [0.15, 0.2) is 40.0 Å². The van der Waals surface area contributed by atoms with E-state index in [1.165, 1.54) is 7.11 Å². The maximum Gasteiger partial charge on any atom is 0.337 e. The largest absolute Gasteiger partial charge is 0.466 e. The lowest BCUT2D eigenvalue weighted by Crippen LogP contribution is -2.45. The number of urea groups is 1. The van der Waals surface area contributed by atoms with Gasteiger partial charge in [-0.05, 0) is 18.1 Å². The Morgan fingerprint density at radius 1 is 1.40 bits per heavy atom. The number of ether oxygens (including phenoxy) is 1. The third-order valence-electron chi connectivity index (χ3n) is 3.13. The fourth-order valence-corrected chi connectivity index (χ4v) is 2.70. The molecule has 0 aliphatic carbocycles. The summed E-state index contributed by atoms with van der Waals surface area (Å²) in [5.41, 5.74) is 1.83. The lowest BCUT2D eigenvalue weighted by molar-refractivity contribution is -0.136. The Hall–Kier alpha value is -1.82. The quantitative estimate of drug-likeness (QED) is 0.832. The predicted octanol–water partition coefficient (Wildman–Crippen LogP) is 2.64. The molecule has 0 saturated carbocycles. The minimum absolute atomic E-state index is 0.324. The number of allylic oxidation sites excluding steroid dienone is 1. The van der Waals surface area contributed by atoms with Gasteiger partial charge in [0.15, 0.2) is 0 Å². The second-order valence-corrected chi connectivity index (χ2v) is 5.14. The first-order valence-electron chi connectivity index (χ1n) is 6.21. The Balaban J connectivity index is 2.56. The van der Waals surface area contributed by atoms with Gasteiger partial charge in [-0.1, -0.05) is 41.1 Å². The monoisotopic (exact) mass is 338 g/mol. The van der Waals surface area contributed by atoms with Crippen molar-refractivity contribution in [3.8, 4) is 0 Å². The first kappa shape index (κ1) is 14.6. The second-order valence-electron chi connectivity index (χ2n) is 4.29. The molecule has 0 aromatic heterocycles. The van der Waals surface area contributed by atoms with Gasteiger partial charge in [-0.15, -0.1) is 0 Å². The average molecular weight is 339 g/mol. The maximum atomic E-state index is 12.1. The third kappa shape index (κ3) is 2.70. The van der Waals surface area contributed by atoms with Gasteiger partial charge in [0.25, 0.3) is 0 Å². The van der Waals surface area contributed by atoms with Crippen LogP contribution in [0.2, 0.25) is 0 Å². The maximum absolute atomic E-state index is 12.1. The van der Waals surface area contributed by atoms with Gasteiger partial charge in [-0.25, -0.2) is 9.59 Å². The van der Waals surface area contributed by atoms with E-state index in [9.17, 15) is 9.59 Å². The van der Waals surface area contributed by atoms with Crippen LogP contribution in [0.25, 0.3) is 0 Å². The number of methoxy groups -OCH3 is 1. The molecule has 2 amide bonds. The lowest BCUT2D eigenvalue weighted by atomic mass is 9.94. The van der Waals surface area contributed by atoms with E-state index in [2.05, 4.69) is 26.6 Å². The summed E-state index contributed by atoms with van der Waals surface area (Å²) < 4.78 is 5.67. The van der Waals surface area contributed by atoms with Gasteiger partial charge < -0.3 is 15.4 Å². The van der Waals surface area contributed by atoms with E-state index < -0.39 is 12.0 Å². The zero-order chi connectivity index (χ0) is 14.7. The highest BCUT2D eigenvalue weighted by Gasteiger charge is 2.33. The van der Waals surface area contributed by atoms with Gasteiger partial charge in [0.1, 0.15) is 0 Å². The molecule has 2 N–H and O–H groups in total. The van der Waals surface area contributed by atoms with Crippen LogP contribution >= 0.6 is 15.9 Å². The zero-order valence-corrected chi connectivity index (χ0v) is 12.8. The molecule has 106 valence electrons. The van der Waals surface area contributed by atoms with E-state index in [0.29, 0.717) is 17.7 Å². The fraction of sp³-hybridized carbons (Fsp3) is 0.286. The van der Waals surface area contributed by atoms with Crippen molar-refractivity contribution in [1.29, 1.82) is 0 Å². The number of halogens is 1. The summed E-state index contributed by atoms with van der Waals surface area (Å²) in [6, 6.07) is 6.60. The molecule has 0 fully saturated rings. The van der Waals surface area contributed by atoms with Gasteiger partial charge in [0.2, 0.25) is 0 Å². The molecular formula is C14H15BrN2O3. The van der Waals surface area contributed by atoms with Gasteiger partial charge in [0.05, 0.1) is 18.7 Å². The number of hydrogen-bond acceptors (Lipinski definition) is 3. The van der Waals surface area contributed by atoms with E-state index in [1.54, 1.807) is 0 Å². The number of nitrogens with one attached hydrogen (secondary N) is 2. The predicted molar refractivity (Wildman–Crippen MR) is 77.9 cm³/mol. The van der Waals surface area contributed by atoms with Crippen LogP contribution in [0.1, 0.15) is 24.9 Å². The summed E-state index contributed by atoms with van der Waals surface area (Å²) in [5, 5.41) is 5.43. The molecule has 1 atom stereocenters. The molecule has 1 aliphatic heterocycles. The van der Waals surface area contributed by atoms with Gasteiger partial charge in [-0.3, -0.25) is 0 Å². The van der Waals surface area contributed by atoms with Crippen molar-refractivity contribution in [3.05, 3.63) is 45.6 Å². The second kappa shape index (κ2) is 6.09. The Morgan fingerprint density at radius 2 is 2.10 bits per heavy atom. The summed E-state index contributed by atoms with van der Waals surface area (Å²) in [7, 11) is 1.33. The highest BCUT2D eigenvalue weighted by Crippen LogP contribution is 2.32. The van der Waals surface area contributed by atoms with Gasteiger partial charge >= 0.3 is 12.0 Å². The van der Waals surface area contributed by atoms with Gasteiger partial charge in [-0.2, -0.15) is 0 Å². The van der Waals surface area contributed by atoms with Crippen LogP contribution in [-0.4, -0.2) is 19.1 Å². The van der Waals surface area contributed by atoms with E-state index in [-0.39, 0.29) is 6.03 Å². The number of esters is 1. The van der Waals surface area contributed by atoms with Crippen LogP contribution < -0.4 is 10.6 Å². The normalized spacial score (nSPS) is 18.4. The summed E-state index contributed by atoms with van der Waals surface area (Å²) in [4.78, 5) is 23.8. The molecule has 1 unspecified atom stereocenters. The summed E-state index contributed by atoms with van der Waals surface area (Å²) in [6.07, 6.45) is 0.540. The first-order valence-corrected chi connectivity index (χ1v) is 7.01. The van der Waals surface area contributed by atoms with E-state index in [0.717, 1.165) is 10.0 Å². The van der Waals surface area contributed by atoms with Crippen molar-refractivity contribution in [2.24, 2.45) is 0 Å². The number of benzene rings is 1. The van der Waals surface area contributed by atoms with E-state index in [4.69, 9.17) is 4.74 Å². The lowest BCUT2D eigenvalue weighted by Gasteiger charge is -2.29. The highest BCUT2D eigenvalue weighted by atomic mass is 79.9. The fourth-order valence-electron chi connectivity index (χ4n) is 2.19. The SMILES string of the molecule is CCC1=C(C(=O)OC)C(c2ccccc2Br)NC(=O)N1. The molecule has 1 heterocycles. The molecule has 20 heavy (non-hydrogen) atoms. The Bertz CT molecular complexity index is 584. The third-order valence-corrected chi connectivity index (χ3v) is 3.85. The molecule has 1 aliphatic rings. The van der Waals surface area contributed by atoms with E-state index in [1.807, 2.05) is 31.2 Å². The summed E-state index contributed by atoms with van der Waals surface area (Å²) in [5.74, 6) is -0.449. The number of rotatable bonds is 3. The molecule has 0 radical (unpaired) electrons.